The highest BCUT2D eigenvalue weighted by molar-refractivity contribution is 5.16. The highest BCUT2D eigenvalue weighted by Crippen LogP contribution is 2.32. The minimum atomic E-state index is 0.502. The molecule has 0 unspecified atom stereocenters. The second kappa shape index (κ2) is 6.03. The maximum atomic E-state index is 5.34. The van der Waals surface area contributed by atoms with Crippen LogP contribution in [0.15, 0.2) is 22.7 Å². The van der Waals surface area contributed by atoms with E-state index in [0.29, 0.717) is 17.7 Å². The van der Waals surface area contributed by atoms with Gasteiger partial charge in [0.2, 0.25) is 11.8 Å². The molecule has 0 amide bonds. The monoisotopic (exact) mass is 273 g/mol. The van der Waals surface area contributed by atoms with Gasteiger partial charge in [-0.05, 0) is 25.3 Å². The van der Waals surface area contributed by atoms with Gasteiger partial charge in [-0.15, -0.1) is 0 Å². The van der Waals surface area contributed by atoms with Crippen molar-refractivity contribution >= 4 is 0 Å². The van der Waals surface area contributed by atoms with E-state index in [1.807, 2.05) is 18.2 Å². The Morgan fingerprint density at radius 1 is 1.20 bits per heavy atom. The third-order valence-electron chi connectivity index (χ3n) is 3.79. The molecule has 1 fully saturated rings. The number of hydrogen-bond donors (Lipinski definition) is 0. The van der Waals surface area contributed by atoms with E-state index in [0.717, 1.165) is 24.4 Å². The number of aryl methyl sites for hydroxylation is 2. The molecule has 106 valence electrons. The van der Waals surface area contributed by atoms with Gasteiger partial charge in [0.1, 0.15) is 0 Å². The lowest BCUT2D eigenvalue weighted by molar-refractivity contribution is 0.368. The van der Waals surface area contributed by atoms with Crippen molar-refractivity contribution in [3.8, 4) is 5.88 Å². The van der Waals surface area contributed by atoms with Crippen molar-refractivity contribution in [2.24, 2.45) is 0 Å². The first-order valence-corrected chi connectivity index (χ1v) is 7.17. The van der Waals surface area contributed by atoms with Gasteiger partial charge in [0.15, 0.2) is 5.82 Å². The van der Waals surface area contributed by atoms with Gasteiger partial charge in [-0.1, -0.05) is 24.1 Å². The molecule has 0 aromatic carbocycles. The smallest absolute Gasteiger partial charge is 0.227 e. The van der Waals surface area contributed by atoms with Gasteiger partial charge >= 0.3 is 0 Å². The number of rotatable bonds is 5. The minimum Gasteiger partial charge on any atom is -0.481 e. The summed E-state index contributed by atoms with van der Waals surface area (Å²) in [4.78, 5) is 8.89. The van der Waals surface area contributed by atoms with Crippen LogP contribution in [0.1, 0.15) is 49.0 Å². The van der Waals surface area contributed by atoms with E-state index in [-0.39, 0.29) is 0 Å². The Balaban J connectivity index is 1.60. The summed E-state index contributed by atoms with van der Waals surface area (Å²) in [6.07, 6.45) is 6.45. The second-order valence-corrected chi connectivity index (χ2v) is 5.20. The molecule has 0 spiro atoms. The number of nitrogens with zero attached hydrogens (tertiary/aromatic N) is 3. The Morgan fingerprint density at radius 2 is 2.05 bits per heavy atom. The zero-order valence-electron chi connectivity index (χ0n) is 11.7. The molecule has 5 heteroatoms. The Morgan fingerprint density at radius 3 is 2.85 bits per heavy atom. The fourth-order valence-electron chi connectivity index (χ4n) is 2.66. The molecule has 2 heterocycles. The molecule has 2 aromatic rings. The molecule has 1 aliphatic rings. The lowest BCUT2D eigenvalue weighted by Gasteiger charge is -2.01. The van der Waals surface area contributed by atoms with Gasteiger partial charge in [0, 0.05) is 24.1 Å². The van der Waals surface area contributed by atoms with Crippen LogP contribution in [0.4, 0.5) is 0 Å². The molecule has 0 saturated heterocycles. The van der Waals surface area contributed by atoms with E-state index in [1.54, 1.807) is 7.11 Å². The summed E-state index contributed by atoms with van der Waals surface area (Å²) in [5, 5.41) is 4.11. The Hall–Kier alpha value is -1.91. The Bertz CT molecular complexity index is 562. The lowest BCUT2D eigenvalue weighted by Crippen LogP contribution is -1.98. The first kappa shape index (κ1) is 13.1. The van der Waals surface area contributed by atoms with Crippen LogP contribution < -0.4 is 4.74 Å². The van der Waals surface area contributed by atoms with Crippen LogP contribution in [0, 0.1) is 0 Å². The summed E-state index contributed by atoms with van der Waals surface area (Å²) in [5.41, 5.74) is 0.977. The summed E-state index contributed by atoms with van der Waals surface area (Å²) in [6, 6.07) is 5.77. The second-order valence-electron chi connectivity index (χ2n) is 5.20. The first-order valence-electron chi connectivity index (χ1n) is 7.17. The summed E-state index contributed by atoms with van der Waals surface area (Å²) < 4.78 is 10.5. The highest BCUT2D eigenvalue weighted by Gasteiger charge is 2.22. The van der Waals surface area contributed by atoms with Crippen molar-refractivity contribution in [2.45, 2.75) is 44.4 Å². The lowest BCUT2D eigenvalue weighted by atomic mass is 10.1. The molecular formula is C15H19N3O2. The molecule has 0 atom stereocenters. The van der Waals surface area contributed by atoms with Gasteiger partial charge in [0.05, 0.1) is 7.11 Å². The molecule has 5 nitrogen and oxygen atoms in total. The molecule has 0 N–H and O–H groups in total. The molecule has 0 bridgehead atoms. The van der Waals surface area contributed by atoms with Crippen LogP contribution >= 0.6 is 0 Å². The average molecular weight is 273 g/mol. The first-order chi connectivity index (χ1) is 9.85. The summed E-state index contributed by atoms with van der Waals surface area (Å²) in [5.74, 6) is 2.73. The number of pyridine rings is 1. The van der Waals surface area contributed by atoms with Crippen LogP contribution in [0.2, 0.25) is 0 Å². The van der Waals surface area contributed by atoms with E-state index in [1.165, 1.54) is 25.7 Å². The molecule has 0 aliphatic heterocycles. The van der Waals surface area contributed by atoms with Crippen LogP contribution in [0.25, 0.3) is 0 Å². The van der Waals surface area contributed by atoms with E-state index in [2.05, 4.69) is 15.1 Å². The maximum Gasteiger partial charge on any atom is 0.227 e. The van der Waals surface area contributed by atoms with E-state index in [9.17, 15) is 0 Å². The molecule has 20 heavy (non-hydrogen) atoms. The fraction of sp³-hybridized carbons (Fsp3) is 0.533. The van der Waals surface area contributed by atoms with Crippen molar-refractivity contribution < 1.29 is 9.26 Å². The molecule has 1 saturated carbocycles. The van der Waals surface area contributed by atoms with Gasteiger partial charge in [-0.25, -0.2) is 4.98 Å². The van der Waals surface area contributed by atoms with Crippen LogP contribution in [-0.2, 0) is 12.8 Å². The van der Waals surface area contributed by atoms with Crippen molar-refractivity contribution in [1.82, 2.24) is 15.1 Å². The molecule has 3 rings (SSSR count). The van der Waals surface area contributed by atoms with Gasteiger partial charge in [-0.3, -0.25) is 0 Å². The SMILES string of the molecule is COc1cccc(CCc2nc(C3CCCC3)no2)n1. The Labute approximate surface area is 118 Å². The van der Waals surface area contributed by atoms with Gasteiger partial charge in [-0.2, -0.15) is 4.98 Å². The molecule has 2 aromatic heterocycles. The van der Waals surface area contributed by atoms with E-state index >= 15 is 0 Å². The summed E-state index contributed by atoms with van der Waals surface area (Å²) in [7, 11) is 1.62. The van der Waals surface area contributed by atoms with Crippen LogP contribution in [0.3, 0.4) is 0 Å². The molecular weight excluding hydrogens is 254 g/mol. The third kappa shape index (κ3) is 2.98. The predicted octanol–water partition coefficient (Wildman–Crippen LogP) is 2.92. The fourth-order valence-corrected chi connectivity index (χ4v) is 2.66. The Kier molecular flexibility index (Phi) is 3.95. The number of ether oxygens (including phenoxy) is 1. The van der Waals surface area contributed by atoms with Crippen molar-refractivity contribution in [1.29, 1.82) is 0 Å². The van der Waals surface area contributed by atoms with E-state index < -0.39 is 0 Å². The zero-order valence-corrected chi connectivity index (χ0v) is 11.7. The third-order valence-corrected chi connectivity index (χ3v) is 3.79. The van der Waals surface area contributed by atoms with E-state index in [4.69, 9.17) is 9.26 Å². The van der Waals surface area contributed by atoms with Crippen LogP contribution in [-0.4, -0.2) is 22.2 Å². The molecule has 0 radical (unpaired) electrons. The summed E-state index contributed by atoms with van der Waals surface area (Å²) in [6.45, 7) is 0. The summed E-state index contributed by atoms with van der Waals surface area (Å²) >= 11 is 0. The maximum absolute atomic E-state index is 5.34. The molecule has 1 aliphatic carbocycles. The average Bonchev–Trinajstić information content (AvgIpc) is 3.16. The van der Waals surface area contributed by atoms with Gasteiger partial charge in [0.25, 0.3) is 0 Å². The predicted molar refractivity (Wildman–Crippen MR) is 73.7 cm³/mol. The van der Waals surface area contributed by atoms with Crippen molar-refractivity contribution in [2.75, 3.05) is 7.11 Å². The number of methoxy groups -OCH3 is 1. The normalized spacial score (nSPS) is 15.7. The van der Waals surface area contributed by atoms with Crippen molar-refractivity contribution in [3.05, 3.63) is 35.6 Å². The van der Waals surface area contributed by atoms with Crippen molar-refractivity contribution in [3.63, 3.8) is 0 Å². The number of aromatic nitrogens is 3. The quantitative estimate of drug-likeness (QED) is 0.838. The number of hydrogen-bond acceptors (Lipinski definition) is 5. The standard InChI is InChI=1S/C15H19N3O2/c1-19-13-8-4-7-12(16-13)9-10-14-17-15(18-20-14)11-5-2-3-6-11/h4,7-8,11H,2-3,5-6,9-10H2,1H3. The minimum absolute atomic E-state index is 0.502. The zero-order chi connectivity index (χ0) is 13.8. The van der Waals surface area contributed by atoms with Crippen LogP contribution in [0.5, 0.6) is 5.88 Å². The topological polar surface area (TPSA) is 61.0 Å². The largest absolute Gasteiger partial charge is 0.481 e. The van der Waals surface area contributed by atoms with Gasteiger partial charge < -0.3 is 9.26 Å². The highest BCUT2D eigenvalue weighted by atomic mass is 16.5.